The van der Waals surface area contributed by atoms with Crippen LogP contribution >= 0.6 is 0 Å². The minimum Gasteiger partial charge on any atom is -0.486 e. The largest absolute Gasteiger partial charge is 0.486 e. The maximum atomic E-state index is 13.0. The van der Waals surface area contributed by atoms with E-state index in [1.807, 2.05) is 32.0 Å². The maximum absolute atomic E-state index is 13.0. The van der Waals surface area contributed by atoms with Crippen molar-refractivity contribution >= 4 is 5.91 Å². The summed E-state index contributed by atoms with van der Waals surface area (Å²) in [6.45, 7) is 5.13. The van der Waals surface area contributed by atoms with Gasteiger partial charge in [0.1, 0.15) is 19.0 Å². The van der Waals surface area contributed by atoms with E-state index < -0.39 is 0 Å². The molecule has 0 aromatic heterocycles. The molecule has 0 radical (unpaired) electrons. The number of nitrogens with one attached hydrogen (secondary N) is 1. The Balaban J connectivity index is 1.82. The molecule has 2 aromatic carbocycles. The summed E-state index contributed by atoms with van der Waals surface area (Å²) in [5.41, 5.74) is 1.38. The molecule has 0 bridgehead atoms. The predicted octanol–water partition coefficient (Wildman–Crippen LogP) is 3.72. The molecule has 0 fully saturated rings. The lowest BCUT2D eigenvalue weighted by atomic mass is 9.95. The molecule has 1 heterocycles. The lowest BCUT2D eigenvalue weighted by molar-refractivity contribution is 0.0925. The first-order valence-electron chi connectivity index (χ1n) is 8.00. The van der Waals surface area contributed by atoms with Crippen molar-refractivity contribution in [2.24, 2.45) is 5.92 Å². The summed E-state index contributed by atoms with van der Waals surface area (Å²) in [6, 6.07) is 11.0. The SMILES string of the molecule is CC(C)[C@@H](NC(=O)c1ccc(F)cc1)c1ccc2c(c1)OCCO2. The smallest absolute Gasteiger partial charge is 0.251 e. The van der Waals surface area contributed by atoms with Gasteiger partial charge in [0.15, 0.2) is 11.5 Å². The number of carbonyl (C=O) groups is 1. The molecule has 1 N–H and O–H groups in total. The zero-order chi connectivity index (χ0) is 17.1. The number of rotatable bonds is 4. The molecule has 0 aliphatic carbocycles. The highest BCUT2D eigenvalue weighted by Gasteiger charge is 2.22. The molecule has 0 saturated heterocycles. The van der Waals surface area contributed by atoms with Crippen molar-refractivity contribution in [2.75, 3.05) is 13.2 Å². The number of hydrogen-bond acceptors (Lipinski definition) is 3. The standard InChI is InChI=1S/C19H20FNO3/c1-12(2)18(21-19(22)13-3-6-15(20)7-4-13)14-5-8-16-17(11-14)24-10-9-23-16/h3-8,11-12,18H,9-10H2,1-2H3,(H,21,22)/t18-/m1/s1. The van der Waals surface area contributed by atoms with E-state index in [0.29, 0.717) is 24.5 Å². The van der Waals surface area contributed by atoms with Gasteiger partial charge in [0, 0.05) is 5.56 Å². The molecule has 2 aromatic rings. The molecule has 1 atom stereocenters. The Labute approximate surface area is 140 Å². The van der Waals surface area contributed by atoms with Crippen LogP contribution < -0.4 is 14.8 Å². The van der Waals surface area contributed by atoms with Crippen molar-refractivity contribution < 1.29 is 18.7 Å². The van der Waals surface area contributed by atoms with Gasteiger partial charge in [-0.3, -0.25) is 4.79 Å². The molecule has 1 aliphatic rings. The van der Waals surface area contributed by atoms with Crippen LogP contribution in [0.1, 0.15) is 35.8 Å². The first-order chi connectivity index (χ1) is 11.5. The Kier molecular flexibility index (Phi) is 4.69. The second-order valence-corrected chi connectivity index (χ2v) is 6.11. The fourth-order valence-corrected chi connectivity index (χ4v) is 2.71. The van der Waals surface area contributed by atoms with E-state index in [4.69, 9.17) is 9.47 Å². The van der Waals surface area contributed by atoms with Crippen molar-refractivity contribution in [2.45, 2.75) is 19.9 Å². The molecule has 126 valence electrons. The quantitative estimate of drug-likeness (QED) is 0.930. The van der Waals surface area contributed by atoms with Gasteiger partial charge in [0.05, 0.1) is 6.04 Å². The number of hydrogen-bond donors (Lipinski definition) is 1. The Hall–Kier alpha value is -2.56. The van der Waals surface area contributed by atoms with Gasteiger partial charge in [-0.05, 0) is 47.9 Å². The molecule has 0 saturated carbocycles. The molecular weight excluding hydrogens is 309 g/mol. The second-order valence-electron chi connectivity index (χ2n) is 6.11. The average Bonchev–Trinajstić information content (AvgIpc) is 2.59. The monoisotopic (exact) mass is 329 g/mol. The summed E-state index contributed by atoms with van der Waals surface area (Å²) in [4.78, 5) is 12.4. The minimum atomic E-state index is -0.362. The average molecular weight is 329 g/mol. The van der Waals surface area contributed by atoms with Gasteiger partial charge in [-0.1, -0.05) is 19.9 Å². The van der Waals surface area contributed by atoms with Gasteiger partial charge in [0.2, 0.25) is 0 Å². The third-order valence-electron chi connectivity index (χ3n) is 3.99. The summed E-state index contributed by atoms with van der Waals surface area (Å²) in [5, 5.41) is 3.02. The molecule has 24 heavy (non-hydrogen) atoms. The van der Waals surface area contributed by atoms with Crippen molar-refractivity contribution in [1.82, 2.24) is 5.32 Å². The second kappa shape index (κ2) is 6.91. The number of halogens is 1. The van der Waals surface area contributed by atoms with Crippen LogP contribution in [0.3, 0.4) is 0 Å². The molecule has 3 rings (SSSR count). The van der Waals surface area contributed by atoms with Crippen molar-refractivity contribution in [3.8, 4) is 11.5 Å². The molecule has 0 unspecified atom stereocenters. The van der Waals surface area contributed by atoms with Crippen molar-refractivity contribution in [3.63, 3.8) is 0 Å². The minimum absolute atomic E-state index is 0.178. The van der Waals surface area contributed by atoms with Crippen LogP contribution in [0.15, 0.2) is 42.5 Å². The number of fused-ring (bicyclic) bond motifs is 1. The fourth-order valence-electron chi connectivity index (χ4n) is 2.71. The van der Waals surface area contributed by atoms with Gasteiger partial charge < -0.3 is 14.8 Å². The van der Waals surface area contributed by atoms with Gasteiger partial charge in [0.25, 0.3) is 5.91 Å². The number of ether oxygens (including phenoxy) is 2. The van der Waals surface area contributed by atoms with E-state index in [2.05, 4.69) is 5.32 Å². The zero-order valence-corrected chi connectivity index (χ0v) is 13.7. The van der Waals surface area contributed by atoms with Gasteiger partial charge in [-0.15, -0.1) is 0 Å². The van der Waals surface area contributed by atoms with Crippen LogP contribution in [-0.4, -0.2) is 19.1 Å². The number of benzene rings is 2. The molecule has 0 spiro atoms. The maximum Gasteiger partial charge on any atom is 0.251 e. The van der Waals surface area contributed by atoms with E-state index in [9.17, 15) is 9.18 Å². The normalized spacial score (nSPS) is 14.3. The van der Waals surface area contributed by atoms with Gasteiger partial charge >= 0.3 is 0 Å². The van der Waals surface area contributed by atoms with Crippen LogP contribution in [0, 0.1) is 11.7 Å². The summed E-state index contributed by atoms with van der Waals surface area (Å²) < 4.78 is 24.2. The van der Waals surface area contributed by atoms with Crippen LogP contribution in [0.25, 0.3) is 0 Å². The lowest BCUT2D eigenvalue weighted by Crippen LogP contribution is -2.31. The Morgan fingerprint density at radius 2 is 1.71 bits per heavy atom. The van der Waals surface area contributed by atoms with Crippen LogP contribution in [0.4, 0.5) is 4.39 Å². The highest BCUT2D eigenvalue weighted by Crippen LogP contribution is 2.34. The Morgan fingerprint density at radius 3 is 2.38 bits per heavy atom. The van der Waals surface area contributed by atoms with E-state index in [-0.39, 0.29) is 23.7 Å². The third-order valence-corrected chi connectivity index (χ3v) is 3.99. The molecule has 1 aliphatic heterocycles. The predicted molar refractivity (Wildman–Crippen MR) is 88.9 cm³/mol. The third kappa shape index (κ3) is 3.50. The Morgan fingerprint density at radius 1 is 1.04 bits per heavy atom. The van der Waals surface area contributed by atoms with Crippen LogP contribution in [-0.2, 0) is 0 Å². The highest BCUT2D eigenvalue weighted by atomic mass is 19.1. The van der Waals surface area contributed by atoms with Crippen molar-refractivity contribution in [3.05, 3.63) is 59.4 Å². The molecule has 4 nitrogen and oxygen atoms in total. The van der Waals surface area contributed by atoms with Crippen LogP contribution in [0.2, 0.25) is 0 Å². The number of carbonyl (C=O) groups excluding carboxylic acids is 1. The van der Waals surface area contributed by atoms with E-state index in [1.54, 1.807) is 0 Å². The summed E-state index contributed by atoms with van der Waals surface area (Å²) in [6.07, 6.45) is 0. The lowest BCUT2D eigenvalue weighted by Gasteiger charge is -2.25. The number of amides is 1. The highest BCUT2D eigenvalue weighted by molar-refractivity contribution is 5.94. The van der Waals surface area contributed by atoms with E-state index in [0.717, 1.165) is 11.3 Å². The molecule has 1 amide bonds. The summed E-state index contributed by atoms with van der Waals surface area (Å²) >= 11 is 0. The molecule has 5 heteroatoms. The fraction of sp³-hybridized carbons (Fsp3) is 0.316. The summed E-state index contributed by atoms with van der Waals surface area (Å²) in [7, 11) is 0. The first-order valence-corrected chi connectivity index (χ1v) is 8.00. The topological polar surface area (TPSA) is 47.6 Å². The summed E-state index contributed by atoms with van der Waals surface area (Å²) in [5.74, 6) is 0.997. The zero-order valence-electron chi connectivity index (χ0n) is 13.7. The van der Waals surface area contributed by atoms with E-state index >= 15 is 0 Å². The van der Waals surface area contributed by atoms with Crippen molar-refractivity contribution in [1.29, 1.82) is 0 Å². The molecular formula is C19H20FNO3. The van der Waals surface area contributed by atoms with Crippen LogP contribution in [0.5, 0.6) is 11.5 Å². The van der Waals surface area contributed by atoms with Gasteiger partial charge in [-0.2, -0.15) is 0 Å². The Bertz CT molecular complexity index is 728. The first kappa shape index (κ1) is 16.3. The van der Waals surface area contributed by atoms with E-state index in [1.165, 1.54) is 24.3 Å². The van der Waals surface area contributed by atoms with Gasteiger partial charge in [-0.25, -0.2) is 4.39 Å².